The summed E-state index contributed by atoms with van der Waals surface area (Å²) in [6, 6.07) is 21.7. The lowest BCUT2D eigenvalue weighted by Gasteiger charge is -2.24. The summed E-state index contributed by atoms with van der Waals surface area (Å²) in [5.74, 6) is -0.292. The Kier molecular flexibility index (Phi) is 7.68. The lowest BCUT2D eigenvalue weighted by atomic mass is 10.2. The topological polar surface area (TPSA) is 102 Å². The first-order chi connectivity index (χ1) is 15.8. The van der Waals surface area contributed by atoms with Crippen molar-refractivity contribution in [2.45, 2.75) is 6.92 Å². The maximum absolute atomic E-state index is 12.7. The number of esters is 1. The Morgan fingerprint density at radius 1 is 0.939 bits per heavy atom. The standard InChI is InChI=1S/C24H24N2O6S/c1-3-31-24(28)18-10-9-11-19(16-18)25-23(27)17-26(33(2,29)30)21-14-7-8-15-22(21)32-20-12-5-4-6-13-20/h4-16H,3,17H2,1-2H3,(H,25,27). The molecule has 3 aromatic carbocycles. The van der Waals surface area contributed by atoms with Crippen molar-refractivity contribution in [2.75, 3.05) is 29.0 Å². The number of sulfonamides is 1. The zero-order valence-corrected chi connectivity index (χ0v) is 19.0. The molecule has 1 N–H and O–H groups in total. The summed E-state index contributed by atoms with van der Waals surface area (Å²) in [5.41, 5.74) is 0.836. The number of nitrogens with zero attached hydrogens (tertiary/aromatic N) is 1. The number of ether oxygens (including phenoxy) is 2. The van der Waals surface area contributed by atoms with Crippen LogP contribution in [0.15, 0.2) is 78.9 Å². The van der Waals surface area contributed by atoms with Crippen LogP contribution in [0.4, 0.5) is 11.4 Å². The van der Waals surface area contributed by atoms with E-state index in [9.17, 15) is 18.0 Å². The molecular weight excluding hydrogens is 444 g/mol. The lowest BCUT2D eigenvalue weighted by molar-refractivity contribution is -0.114. The van der Waals surface area contributed by atoms with Gasteiger partial charge in [0.2, 0.25) is 15.9 Å². The van der Waals surface area contributed by atoms with Gasteiger partial charge in [-0.1, -0.05) is 36.4 Å². The highest BCUT2D eigenvalue weighted by Gasteiger charge is 2.24. The molecule has 1 amide bonds. The predicted molar refractivity (Wildman–Crippen MR) is 126 cm³/mol. The van der Waals surface area contributed by atoms with Crippen LogP contribution < -0.4 is 14.4 Å². The van der Waals surface area contributed by atoms with E-state index in [1.807, 2.05) is 6.07 Å². The van der Waals surface area contributed by atoms with Crippen LogP contribution in [-0.2, 0) is 19.6 Å². The van der Waals surface area contributed by atoms with E-state index < -0.39 is 28.4 Å². The van der Waals surface area contributed by atoms with Crippen molar-refractivity contribution >= 4 is 33.3 Å². The normalized spacial score (nSPS) is 10.8. The first-order valence-electron chi connectivity index (χ1n) is 10.1. The maximum Gasteiger partial charge on any atom is 0.338 e. The van der Waals surface area contributed by atoms with Gasteiger partial charge in [0.05, 0.1) is 24.1 Å². The second kappa shape index (κ2) is 10.6. The van der Waals surface area contributed by atoms with E-state index in [1.54, 1.807) is 73.7 Å². The number of hydrogen-bond acceptors (Lipinski definition) is 6. The van der Waals surface area contributed by atoms with Gasteiger partial charge in [-0.15, -0.1) is 0 Å². The smallest absolute Gasteiger partial charge is 0.338 e. The van der Waals surface area contributed by atoms with Crippen molar-refractivity contribution in [3.05, 3.63) is 84.4 Å². The average molecular weight is 469 g/mol. The summed E-state index contributed by atoms with van der Waals surface area (Å²) >= 11 is 0. The fourth-order valence-corrected chi connectivity index (χ4v) is 3.88. The van der Waals surface area contributed by atoms with E-state index >= 15 is 0 Å². The third-order valence-corrected chi connectivity index (χ3v) is 5.58. The number of rotatable bonds is 9. The highest BCUT2D eigenvalue weighted by Crippen LogP contribution is 2.33. The largest absolute Gasteiger partial charge is 0.462 e. The van der Waals surface area contributed by atoms with E-state index in [-0.39, 0.29) is 23.6 Å². The van der Waals surface area contributed by atoms with Gasteiger partial charge in [0, 0.05) is 5.69 Å². The molecule has 0 radical (unpaired) electrons. The van der Waals surface area contributed by atoms with Crippen LogP contribution in [-0.4, -0.2) is 39.7 Å². The molecule has 0 aliphatic rings. The molecule has 172 valence electrons. The van der Waals surface area contributed by atoms with Crippen LogP contribution in [0.5, 0.6) is 11.5 Å². The lowest BCUT2D eigenvalue weighted by Crippen LogP contribution is -2.37. The maximum atomic E-state index is 12.7. The number of amides is 1. The first kappa shape index (κ1) is 23.8. The molecule has 8 nitrogen and oxygen atoms in total. The fraction of sp³-hybridized carbons (Fsp3) is 0.167. The number of carbonyl (C=O) groups is 2. The molecule has 9 heteroatoms. The summed E-state index contributed by atoms with van der Waals surface area (Å²) in [4.78, 5) is 24.7. The zero-order valence-electron chi connectivity index (χ0n) is 18.2. The van der Waals surface area contributed by atoms with E-state index in [0.717, 1.165) is 10.6 Å². The molecule has 0 saturated carbocycles. The molecule has 0 aliphatic heterocycles. The Morgan fingerprint density at radius 2 is 1.64 bits per heavy atom. The van der Waals surface area contributed by atoms with Crippen molar-refractivity contribution in [2.24, 2.45) is 0 Å². The van der Waals surface area contributed by atoms with Crippen molar-refractivity contribution in [1.82, 2.24) is 0 Å². The quantitative estimate of drug-likeness (QED) is 0.475. The van der Waals surface area contributed by atoms with Gasteiger partial charge in [0.25, 0.3) is 0 Å². The second-order valence-electron chi connectivity index (χ2n) is 7.00. The van der Waals surface area contributed by atoms with Crippen LogP contribution in [0, 0.1) is 0 Å². The molecule has 0 bridgehead atoms. The van der Waals surface area contributed by atoms with Gasteiger partial charge >= 0.3 is 5.97 Å². The SMILES string of the molecule is CCOC(=O)c1cccc(NC(=O)CN(c2ccccc2Oc2ccccc2)S(C)(=O)=O)c1. The Labute approximate surface area is 192 Å². The van der Waals surface area contributed by atoms with Crippen molar-refractivity contribution < 1.29 is 27.5 Å². The van der Waals surface area contributed by atoms with Crippen LogP contribution in [0.25, 0.3) is 0 Å². The monoisotopic (exact) mass is 468 g/mol. The van der Waals surface area contributed by atoms with Gasteiger partial charge in [0.1, 0.15) is 12.3 Å². The average Bonchev–Trinajstić information content (AvgIpc) is 2.78. The van der Waals surface area contributed by atoms with Crippen molar-refractivity contribution in [3.8, 4) is 11.5 Å². The summed E-state index contributed by atoms with van der Waals surface area (Å²) in [7, 11) is -3.83. The van der Waals surface area contributed by atoms with Crippen LogP contribution in [0.3, 0.4) is 0 Å². The fourth-order valence-electron chi connectivity index (χ4n) is 3.02. The highest BCUT2D eigenvalue weighted by molar-refractivity contribution is 7.92. The predicted octanol–water partition coefficient (Wildman–Crippen LogP) is 4.06. The molecule has 0 aliphatic carbocycles. The molecule has 0 unspecified atom stereocenters. The summed E-state index contributed by atoms with van der Waals surface area (Å²) in [6.07, 6.45) is 1.01. The molecular formula is C24H24N2O6S. The molecule has 0 spiro atoms. The van der Waals surface area contributed by atoms with Crippen molar-refractivity contribution in [1.29, 1.82) is 0 Å². The Hall–Kier alpha value is -3.85. The minimum Gasteiger partial charge on any atom is -0.462 e. The van der Waals surface area contributed by atoms with Gasteiger partial charge in [-0.3, -0.25) is 9.10 Å². The second-order valence-corrected chi connectivity index (χ2v) is 8.91. The molecule has 3 aromatic rings. The summed E-state index contributed by atoms with van der Waals surface area (Å²) in [6.45, 7) is 1.43. The number of nitrogens with one attached hydrogen (secondary N) is 1. The summed E-state index contributed by atoms with van der Waals surface area (Å²) in [5, 5.41) is 2.63. The molecule has 0 atom stereocenters. The van der Waals surface area contributed by atoms with Gasteiger partial charge in [-0.2, -0.15) is 0 Å². The number of anilines is 2. The third-order valence-electron chi connectivity index (χ3n) is 4.45. The molecule has 0 saturated heterocycles. The minimum absolute atomic E-state index is 0.222. The molecule has 3 rings (SSSR count). The number of benzene rings is 3. The van der Waals surface area contributed by atoms with E-state index in [0.29, 0.717) is 11.4 Å². The van der Waals surface area contributed by atoms with Gasteiger partial charge < -0.3 is 14.8 Å². The highest BCUT2D eigenvalue weighted by atomic mass is 32.2. The molecule has 33 heavy (non-hydrogen) atoms. The van der Waals surface area contributed by atoms with E-state index in [2.05, 4.69) is 5.32 Å². The van der Waals surface area contributed by atoms with E-state index in [1.165, 1.54) is 6.07 Å². The van der Waals surface area contributed by atoms with E-state index in [4.69, 9.17) is 9.47 Å². The summed E-state index contributed by atoms with van der Waals surface area (Å²) < 4.78 is 36.9. The van der Waals surface area contributed by atoms with Crippen molar-refractivity contribution in [3.63, 3.8) is 0 Å². The molecule has 0 heterocycles. The third kappa shape index (κ3) is 6.56. The van der Waals surface area contributed by atoms with Gasteiger partial charge in [-0.05, 0) is 49.4 Å². The molecule has 0 fully saturated rings. The minimum atomic E-state index is -3.83. The number of para-hydroxylation sites is 3. The Bertz CT molecular complexity index is 1230. The van der Waals surface area contributed by atoms with Crippen LogP contribution in [0.1, 0.15) is 17.3 Å². The van der Waals surface area contributed by atoms with Gasteiger partial charge in [-0.25, -0.2) is 13.2 Å². The Morgan fingerprint density at radius 3 is 2.33 bits per heavy atom. The van der Waals surface area contributed by atoms with Gasteiger partial charge in [0.15, 0.2) is 5.75 Å². The zero-order chi connectivity index (χ0) is 23.8. The van der Waals surface area contributed by atoms with Crippen LogP contribution >= 0.6 is 0 Å². The number of carbonyl (C=O) groups excluding carboxylic acids is 2. The Balaban J connectivity index is 1.83. The van der Waals surface area contributed by atoms with Crippen LogP contribution in [0.2, 0.25) is 0 Å². The molecule has 0 aromatic heterocycles. The number of hydrogen-bond donors (Lipinski definition) is 1. The first-order valence-corrected chi connectivity index (χ1v) is 12.0.